The van der Waals surface area contributed by atoms with Crippen LogP contribution in [0.5, 0.6) is 0 Å². The fraction of sp³-hybridized carbons (Fsp3) is 0.462. The van der Waals surface area contributed by atoms with Gasteiger partial charge >= 0.3 is 0 Å². The predicted molar refractivity (Wildman–Crippen MR) is 62.3 cm³/mol. The number of nitrogens with zero attached hydrogens (tertiary/aromatic N) is 1. The molecule has 0 aliphatic carbocycles. The first-order chi connectivity index (χ1) is 7.31. The van der Waals surface area contributed by atoms with Crippen molar-refractivity contribution in [2.24, 2.45) is 0 Å². The highest BCUT2D eigenvalue weighted by Gasteiger charge is 2.20. The number of hydrogen-bond acceptors (Lipinski definition) is 1. The largest absolute Gasteiger partial charge is 0.334 e. The predicted octanol–water partition coefficient (Wildman–Crippen LogP) is 2.97. The number of amides is 1. The minimum atomic E-state index is 0.246. The van der Waals surface area contributed by atoms with Gasteiger partial charge in [0.15, 0.2) is 0 Å². The summed E-state index contributed by atoms with van der Waals surface area (Å²) >= 11 is 0. The molecular formula is C13H19NO. The van der Waals surface area contributed by atoms with E-state index in [2.05, 4.69) is 12.1 Å². The average molecular weight is 205 g/mol. The van der Waals surface area contributed by atoms with Gasteiger partial charge in [0.1, 0.15) is 0 Å². The molecule has 82 valence electrons. The van der Waals surface area contributed by atoms with Gasteiger partial charge in [-0.25, -0.2) is 0 Å². The lowest BCUT2D eigenvalue weighted by Crippen LogP contribution is -2.23. The van der Waals surface area contributed by atoms with E-state index in [1.807, 2.05) is 37.8 Å². The summed E-state index contributed by atoms with van der Waals surface area (Å²) in [5, 5.41) is 0. The first-order valence-electron chi connectivity index (χ1n) is 5.66. The van der Waals surface area contributed by atoms with Gasteiger partial charge in [-0.15, -0.1) is 0 Å². The molecule has 1 aliphatic rings. The first-order valence-corrected chi connectivity index (χ1v) is 5.66. The van der Waals surface area contributed by atoms with Gasteiger partial charge in [-0.3, -0.25) is 4.79 Å². The fourth-order valence-corrected chi connectivity index (χ4v) is 1.73. The number of benzene rings is 1. The summed E-state index contributed by atoms with van der Waals surface area (Å²) in [6, 6.07) is 8.24. The third-order valence-corrected chi connectivity index (χ3v) is 2.50. The van der Waals surface area contributed by atoms with Crippen molar-refractivity contribution in [1.29, 1.82) is 0 Å². The van der Waals surface area contributed by atoms with Crippen molar-refractivity contribution in [2.45, 2.75) is 40.3 Å². The molecule has 1 aromatic carbocycles. The number of carbonyl (C=O) groups is 1. The van der Waals surface area contributed by atoms with E-state index >= 15 is 0 Å². The standard InChI is InChI=1S/C11H13NO.C2H6/c1-2-11(13)12-7-9-5-3-4-6-10(9)8-12;1-2/h3-6H,2,7-8H2,1H3;1-2H3. The van der Waals surface area contributed by atoms with E-state index in [-0.39, 0.29) is 5.91 Å². The van der Waals surface area contributed by atoms with Gasteiger partial charge in [0.2, 0.25) is 5.91 Å². The fourth-order valence-electron chi connectivity index (χ4n) is 1.73. The molecule has 0 bridgehead atoms. The zero-order chi connectivity index (χ0) is 11.3. The Hall–Kier alpha value is -1.31. The second-order valence-corrected chi connectivity index (χ2v) is 3.37. The summed E-state index contributed by atoms with van der Waals surface area (Å²) in [5.41, 5.74) is 2.59. The highest BCUT2D eigenvalue weighted by molar-refractivity contribution is 5.76. The smallest absolute Gasteiger partial charge is 0.222 e. The van der Waals surface area contributed by atoms with Crippen LogP contribution in [0.1, 0.15) is 38.3 Å². The van der Waals surface area contributed by atoms with Crippen LogP contribution in [-0.2, 0) is 17.9 Å². The molecule has 0 aromatic heterocycles. The molecule has 2 rings (SSSR count). The van der Waals surface area contributed by atoms with Gasteiger partial charge in [-0.2, -0.15) is 0 Å². The lowest BCUT2D eigenvalue weighted by Gasteiger charge is -2.13. The summed E-state index contributed by atoms with van der Waals surface area (Å²) in [4.78, 5) is 13.3. The third kappa shape index (κ3) is 2.58. The van der Waals surface area contributed by atoms with Crippen LogP contribution in [0.2, 0.25) is 0 Å². The molecule has 0 radical (unpaired) electrons. The van der Waals surface area contributed by atoms with Crippen molar-refractivity contribution < 1.29 is 4.79 Å². The van der Waals surface area contributed by atoms with Gasteiger partial charge in [-0.1, -0.05) is 45.0 Å². The van der Waals surface area contributed by atoms with Crippen molar-refractivity contribution in [2.75, 3.05) is 0 Å². The number of carbonyl (C=O) groups excluding carboxylic acids is 1. The van der Waals surface area contributed by atoms with Crippen molar-refractivity contribution in [1.82, 2.24) is 4.90 Å². The maximum Gasteiger partial charge on any atom is 0.222 e. The molecule has 0 N–H and O–H groups in total. The number of rotatable bonds is 1. The summed E-state index contributed by atoms with van der Waals surface area (Å²) < 4.78 is 0. The van der Waals surface area contributed by atoms with Crippen LogP contribution in [0.4, 0.5) is 0 Å². The Balaban J connectivity index is 0.000000531. The molecule has 15 heavy (non-hydrogen) atoms. The van der Waals surface area contributed by atoms with E-state index in [1.165, 1.54) is 11.1 Å². The second kappa shape index (κ2) is 5.54. The zero-order valence-corrected chi connectivity index (χ0v) is 9.79. The summed E-state index contributed by atoms with van der Waals surface area (Å²) in [6.07, 6.45) is 0.605. The molecule has 0 fully saturated rings. The van der Waals surface area contributed by atoms with Crippen LogP contribution in [0.25, 0.3) is 0 Å². The van der Waals surface area contributed by atoms with E-state index in [4.69, 9.17) is 0 Å². The normalized spacial score (nSPS) is 12.9. The van der Waals surface area contributed by atoms with E-state index in [1.54, 1.807) is 0 Å². The number of hydrogen-bond donors (Lipinski definition) is 0. The van der Waals surface area contributed by atoms with Crippen molar-refractivity contribution >= 4 is 5.91 Å². The summed E-state index contributed by atoms with van der Waals surface area (Å²) in [7, 11) is 0. The maximum atomic E-state index is 11.4. The Morgan fingerprint density at radius 1 is 1.20 bits per heavy atom. The van der Waals surface area contributed by atoms with E-state index in [0.29, 0.717) is 6.42 Å². The molecule has 1 heterocycles. The van der Waals surface area contributed by atoms with Crippen LogP contribution in [-0.4, -0.2) is 10.8 Å². The minimum absolute atomic E-state index is 0.246. The molecule has 2 heteroatoms. The molecule has 0 unspecified atom stereocenters. The monoisotopic (exact) mass is 205 g/mol. The molecule has 1 aliphatic heterocycles. The first kappa shape index (κ1) is 11.8. The SMILES string of the molecule is CC.CCC(=O)N1Cc2ccccc2C1. The van der Waals surface area contributed by atoms with Crippen LogP contribution in [0.15, 0.2) is 24.3 Å². The number of fused-ring (bicyclic) bond motifs is 1. The Bertz CT molecular complexity index is 308. The Morgan fingerprint density at radius 2 is 1.67 bits per heavy atom. The second-order valence-electron chi connectivity index (χ2n) is 3.37. The Kier molecular flexibility index (Phi) is 4.35. The average Bonchev–Trinajstić information content (AvgIpc) is 2.74. The molecular weight excluding hydrogens is 186 g/mol. The molecule has 0 spiro atoms. The van der Waals surface area contributed by atoms with E-state index in [9.17, 15) is 4.79 Å². The van der Waals surface area contributed by atoms with Crippen LogP contribution in [0, 0.1) is 0 Å². The zero-order valence-electron chi connectivity index (χ0n) is 9.79. The highest BCUT2D eigenvalue weighted by atomic mass is 16.2. The Morgan fingerprint density at radius 3 is 2.07 bits per heavy atom. The molecule has 0 atom stereocenters. The van der Waals surface area contributed by atoms with Crippen molar-refractivity contribution in [3.05, 3.63) is 35.4 Å². The van der Waals surface area contributed by atoms with Gasteiger partial charge in [0.25, 0.3) is 0 Å². The molecule has 0 saturated heterocycles. The van der Waals surface area contributed by atoms with Crippen LogP contribution >= 0.6 is 0 Å². The van der Waals surface area contributed by atoms with Gasteiger partial charge in [0.05, 0.1) is 0 Å². The molecule has 2 nitrogen and oxygen atoms in total. The third-order valence-electron chi connectivity index (χ3n) is 2.50. The topological polar surface area (TPSA) is 20.3 Å². The Labute approximate surface area is 91.9 Å². The lowest BCUT2D eigenvalue weighted by atomic mass is 10.1. The van der Waals surface area contributed by atoms with Crippen LogP contribution < -0.4 is 0 Å². The van der Waals surface area contributed by atoms with Crippen molar-refractivity contribution in [3.63, 3.8) is 0 Å². The van der Waals surface area contributed by atoms with Crippen molar-refractivity contribution in [3.8, 4) is 0 Å². The highest BCUT2D eigenvalue weighted by Crippen LogP contribution is 2.22. The molecule has 1 amide bonds. The quantitative estimate of drug-likeness (QED) is 0.690. The maximum absolute atomic E-state index is 11.4. The van der Waals surface area contributed by atoms with Gasteiger partial charge < -0.3 is 4.90 Å². The minimum Gasteiger partial charge on any atom is -0.334 e. The lowest BCUT2D eigenvalue weighted by molar-refractivity contribution is -0.131. The summed E-state index contributed by atoms with van der Waals surface area (Å²) in [5.74, 6) is 0.246. The van der Waals surface area contributed by atoms with E-state index < -0.39 is 0 Å². The summed E-state index contributed by atoms with van der Waals surface area (Å²) in [6.45, 7) is 7.50. The van der Waals surface area contributed by atoms with Gasteiger partial charge in [0, 0.05) is 19.5 Å². The molecule has 1 aromatic rings. The molecule has 0 saturated carbocycles. The van der Waals surface area contributed by atoms with Gasteiger partial charge in [-0.05, 0) is 11.1 Å². The van der Waals surface area contributed by atoms with E-state index in [0.717, 1.165) is 13.1 Å². The van der Waals surface area contributed by atoms with Crippen LogP contribution in [0.3, 0.4) is 0 Å².